The van der Waals surface area contributed by atoms with Crippen LogP contribution in [0.4, 0.5) is 0 Å². The lowest BCUT2D eigenvalue weighted by molar-refractivity contribution is 0.755. The second kappa shape index (κ2) is 5.55. The van der Waals surface area contributed by atoms with Crippen molar-refractivity contribution in [3.05, 3.63) is 22.7 Å². The number of hydrogen-bond acceptors (Lipinski definition) is 2. The van der Waals surface area contributed by atoms with Crippen LogP contribution in [0.25, 0.3) is 0 Å². The van der Waals surface area contributed by atoms with Gasteiger partial charge >= 0.3 is 0 Å². The molecule has 0 aliphatic carbocycles. The molecule has 0 saturated carbocycles. The number of rotatable bonds is 4. The summed E-state index contributed by atoms with van der Waals surface area (Å²) in [6.07, 6.45) is 3.16. The average molecular weight is 264 g/mol. The number of nitrogens with zero attached hydrogens (tertiary/aromatic N) is 2. The number of hydrogen-bond donors (Lipinski definition) is 0. The van der Waals surface area contributed by atoms with Gasteiger partial charge in [-0.1, -0.05) is 27.5 Å². The maximum atomic E-state index is 5.80. The van der Waals surface area contributed by atoms with Gasteiger partial charge in [-0.25, -0.2) is 9.97 Å². The van der Waals surface area contributed by atoms with Crippen molar-refractivity contribution in [1.82, 2.24) is 9.97 Å². The standard InChI is InChI=1S/C9H12BrClN2/c1-7-6-8(11)13-9(12-7)4-2-3-5-10/h6H,2-5H2,1H3. The van der Waals surface area contributed by atoms with Crippen molar-refractivity contribution < 1.29 is 0 Å². The van der Waals surface area contributed by atoms with E-state index in [1.807, 2.05) is 6.92 Å². The van der Waals surface area contributed by atoms with E-state index in [-0.39, 0.29) is 0 Å². The molecule has 0 aliphatic rings. The fraction of sp³-hybridized carbons (Fsp3) is 0.556. The fourth-order valence-electron chi connectivity index (χ4n) is 1.08. The summed E-state index contributed by atoms with van der Waals surface area (Å²) in [5.41, 5.74) is 0.939. The van der Waals surface area contributed by atoms with Crippen LogP contribution in [0.1, 0.15) is 24.4 Å². The fourth-order valence-corrected chi connectivity index (χ4v) is 1.73. The van der Waals surface area contributed by atoms with Gasteiger partial charge in [0, 0.05) is 17.4 Å². The van der Waals surface area contributed by atoms with E-state index in [0.717, 1.165) is 36.1 Å². The molecule has 72 valence electrons. The molecular formula is C9H12BrClN2. The average Bonchev–Trinajstić information content (AvgIpc) is 2.03. The quantitative estimate of drug-likeness (QED) is 0.474. The smallest absolute Gasteiger partial charge is 0.133 e. The van der Waals surface area contributed by atoms with E-state index in [9.17, 15) is 0 Å². The summed E-state index contributed by atoms with van der Waals surface area (Å²) in [5, 5.41) is 1.58. The molecule has 0 aliphatic heterocycles. The maximum absolute atomic E-state index is 5.80. The Kier molecular flexibility index (Phi) is 4.67. The molecule has 1 aromatic rings. The van der Waals surface area contributed by atoms with Crippen molar-refractivity contribution in [3.63, 3.8) is 0 Å². The minimum absolute atomic E-state index is 0.543. The maximum Gasteiger partial charge on any atom is 0.133 e. The van der Waals surface area contributed by atoms with Crippen LogP contribution in [-0.2, 0) is 6.42 Å². The molecule has 13 heavy (non-hydrogen) atoms. The minimum atomic E-state index is 0.543. The van der Waals surface area contributed by atoms with Gasteiger partial charge in [0.15, 0.2) is 0 Å². The van der Waals surface area contributed by atoms with Crippen LogP contribution in [0, 0.1) is 6.92 Å². The summed E-state index contributed by atoms with van der Waals surface area (Å²) in [7, 11) is 0. The molecule has 0 bridgehead atoms. The zero-order chi connectivity index (χ0) is 9.68. The SMILES string of the molecule is Cc1cc(Cl)nc(CCCCBr)n1. The predicted molar refractivity (Wildman–Crippen MR) is 58.5 cm³/mol. The van der Waals surface area contributed by atoms with Crippen LogP contribution in [0.15, 0.2) is 6.07 Å². The highest BCUT2D eigenvalue weighted by Crippen LogP contribution is 2.08. The van der Waals surface area contributed by atoms with E-state index < -0.39 is 0 Å². The molecule has 1 rings (SSSR count). The van der Waals surface area contributed by atoms with Crippen molar-refractivity contribution in [3.8, 4) is 0 Å². The molecule has 1 heterocycles. The summed E-state index contributed by atoms with van der Waals surface area (Å²) in [6.45, 7) is 1.93. The largest absolute Gasteiger partial charge is 0.238 e. The topological polar surface area (TPSA) is 25.8 Å². The molecule has 0 N–H and O–H groups in total. The normalized spacial score (nSPS) is 10.4. The predicted octanol–water partition coefficient (Wildman–Crippen LogP) is 3.16. The van der Waals surface area contributed by atoms with E-state index in [2.05, 4.69) is 25.9 Å². The Balaban J connectivity index is 2.56. The molecule has 0 spiro atoms. The lowest BCUT2D eigenvalue weighted by Gasteiger charge is -2.00. The number of aryl methyl sites for hydroxylation is 2. The third-order valence-corrected chi connectivity index (χ3v) is 2.41. The Morgan fingerprint density at radius 3 is 2.77 bits per heavy atom. The second-order valence-corrected chi connectivity index (χ2v) is 4.07. The monoisotopic (exact) mass is 262 g/mol. The van der Waals surface area contributed by atoms with Crippen LogP contribution < -0.4 is 0 Å². The molecule has 4 heteroatoms. The van der Waals surface area contributed by atoms with Gasteiger partial charge in [0.25, 0.3) is 0 Å². The Morgan fingerprint density at radius 2 is 2.15 bits per heavy atom. The molecule has 0 atom stereocenters. The third kappa shape index (κ3) is 4.05. The first-order valence-electron chi connectivity index (χ1n) is 4.28. The molecule has 1 aromatic heterocycles. The van der Waals surface area contributed by atoms with Crippen LogP contribution in [0.2, 0.25) is 5.15 Å². The van der Waals surface area contributed by atoms with Gasteiger partial charge in [0.05, 0.1) is 0 Å². The van der Waals surface area contributed by atoms with Gasteiger partial charge in [0.2, 0.25) is 0 Å². The van der Waals surface area contributed by atoms with Crippen molar-refractivity contribution in [2.75, 3.05) is 5.33 Å². The summed E-state index contributed by atoms with van der Waals surface area (Å²) in [5.74, 6) is 0.853. The van der Waals surface area contributed by atoms with E-state index >= 15 is 0 Å². The molecule has 0 amide bonds. The Hall–Kier alpha value is -0.150. The zero-order valence-electron chi connectivity index (χ0n) is 7.56. The molecule has 0 unspecified atom stereocenters. The summed E-state index contributed by atoms with van der Waals surface area (Å²) < 4.78 is 0. The van der Waals surface area contributed by atoms with E-state index in [4.69, 9.17) is 11.6 Å². The van der Waals surface area contributed by atoms with Crippen molar-refractivity contribution in [2.24, 2.45) is 0 Å². The second-order valence-electron chi connectivity index (χ2n) is 2.89. The first kappa shape index (κ1) is 10.9. The van der Waals surface area contributed by atoms with E-state index in [1.54, 1.807) is 6.07 Å². The van der Waals surface area contributed by atoms with Crippen LogP contribution >= 0.6 is 27.5 Å². The molecule has 2 nitrogen and oxygen atoms in total. The van der Waals surface area contributed by atoms with Gasteiger partial charge < -0.3 is 0 Å². The molecular weight excluding hydrogens is 251 g/mol. The summed E-state index contributed by atoms with van der Waals surface area (Å²) in [6, 6.07) is 1.77. The van der Waals surface area contributed by atoms with E-state index in [0.29, 0.717) is 5.15 Å². The Bertz CT molecular complexity index is 258. The first-order chi connectivity index (χ1) is 6.22. The lowest BCUT2D eigenvalue weighted by Crippen LogP contribution is -1.97. The summed E-state index contributed by atoms with van der Waals surface area (Å²) in [4.78, 5) is 8.44. The van der Waals surface area contributed by atoms with Crippen LogP contribution in [-0.4, -0.2) is 15.3 Å². The van der Waals surface area contributed by atoms with Gasteiger partial charge in [-0.05, 0) is 25.8 Å². The van der Waals surface area contributed by atoms with Crippen molar-refractivity contribution in [2.45, 2.75) is 26.2 Å². The van der Waals surface area contributed by atoms with Crippen molar-refractivity contribution in [1.29, 1.82) is 0 Å². The molecule has 0 fully saturated rings. The Labute approximate surface area is 91.9 Å². The number of alkyl halides is 1. The number of halogens is 2. The van der Waals surface area contributed by atoms with Crippen LogP contribution in [0.3, 0.4) is 0 Å². The Morgan fingerprint density at radius 1 is 1.38 bits per heavy atom. The minimum Gasteiger partial charge on any atom is -0.238 e. The highest BCUT2D eigenvalue weighted by molar-refractivity contribution is 9.09. The highest BCUT2D eigenvalue weighted by Gasteiger charge is 1.99. The van der Waals surface area contributed by atoms with Gasteiger partial charge in [-0.3, -0.25) is 0 Å². The van der Waals surface area contributed by atoms with Gasteiger partial charge in [-0.15, -0.1) is 0 Å². The highest BCUT2D eigenvalue weighted by atomic mass is 79.9. The van der Waals surface area contributed by atoms with Gasteiger partial charge in [0.1, 0.15) is 11.0 Å². The number of unbranched alkanes of at least 4 members (excludes halogenated alkanes) is 1. The molecule has 0 aromatic carbocycles. The number of aromatic nitrogens is 2. The molecule has 0 radical (unpaired) electrons. The van der Waals surface area contributed by atoms with Gasteiger partial charge in [-0.2, -0.15) is 0 Å². The molecule has 0 saturated heterocycles. The van der Waals surface area contributed by atoms with Crippen LogP contribution in [0.5, 0.6) is 0 Å². The van der Waals surface area contributed by atoms with Crippen molar-refractivity contribution >= 4 is 27.5 Å². The lowest BCUT2D eigenvalue weighted by atomic mass is 10.2. The third-order valence-electron chi connectivity index (χ3n) is 1.65. The van der Waals surface area contributed by atoms with E-state index in [1.165, 1.54) is 0 Å². The zero-order valence-corrected chi connectivity index (χ0v) is 9.90. The first-order valence-corrected chi connectivity index (χ1v) is 5.78. The summed E-state index contributed by atoms with van der Waals surface area (Å²) >= 11 is 9.19.